The fourth-order valence-corrected chi connectivity index (χ4v) is 5.01. The predicted octanol–water partition coefficient (Wildman–Crippen LogP) is 2.00. The second-order valence-electron chi connectivity index (χ2n) is 6.48. The summed E-state index contributed by atoms with van der Waals surface area (Å²) in [6.45, 7) is 1.72. The van der Waals surface area contributed by atoms with E-state index in [-0.39, 0.29) is 17.2 Å². The summed E-state index contributed by atoms with van der Waals surface area (Å²) in [5, 5.41) is 3.89. The molecule has 1 saturated carbocycles. The van der Waals surface area contributed by atoms with Gasteiger partial charge in [-0.3, -0.25) is 9.59 Å². The summed E-state index contributed by atoms with van der Waals surface area (Å²) in [4.78, 5) is 32.1. The van der Waals surface area contributed by atoms with E-state index in [2.05, 4.69) is 10.3 Å². The lowest BCUT2D eigenvalue weighted by Gasteiger charge is -2.36. The van der Waals surface area contributed by atoms with Gasteiger partial charge in [0.1, 0.15) is 0 Å². The number of amides is 2. The minimum atomic E-state index is -0.0489. The lowest BCUT2D eigenvalue weighted by atomic mass is 9.76. The van der Waals surface area contributed by atoms with E-state index < -0.39 is 0 Å². The third-order valence-electron chi connectivity index (χ3n) is 5.00. The Morgan fingerprint density at radius 1 is 1.14 bits per heavy atom. The highest BCUT2D eigenvalue weighted by atomic mass is 32.1. The first-order valence-corrected chi connectivity index (χ1v) is 8.54. The molecule has 0 radical (unpaired) electrons. The molecule has 2 amide bonds. The van der Waals surface area contributed by atoms with E-state index in [1.807, 2.05) is 0 Å². The van der Waals surface area contributed by atoms with Crippen molar-refractivity contribution in [3.8, 4) is 0 Å². The molecule has 0 aromatic carbocycles. The minimum absolute atomic E-state index is 0.0386. The van der Waals surface area contributed by atoms with Crippen molar-refractivity contribution in [2.45, 2.75) is 51.5 Å². The number of rotatable bonds is 1. The van der Waals surface area contributed by atoms with Crippen LogP contribution in [0.1, 0.15) is 49.1 Å². The summed E-state index contributed by atoms with van der Waals surface area (Å²) < 4.78 is 0. The Hall–Kier alpha value is -1.27. The number of aromatic nitrogens is 1. The molecule has 3 heterocycles. The van der Waals surface area contributed by atoms with Crippen LogP contribution in [0.2, 0.25) is 0 Å². The van der Waals surface area contributed by atoms with Gasteiger partial charge in [-0.15, -0.1) is 0 Å². The van der Waals surface area contributed by atoms with Gasteiger partial charge in [0, 0.05) is 37.2 Å². The topological polar surface area (TPSA) is 62.3 Å². The van der Waals surface area contributed by atoms with Crippen molar-refractivity contribution in [2.24, 2.45) is 5.41 Å². The van der Waals surface area contributed by atoms with Crippen LogP contribution in [-0.2, 0) is 22.6 Å². The van der Waals surface area contributed by atoms with Gasteiger partial charge in [-0.1, -0.05) is 24.2 Å². The lowest BCUT2D eigenvalue weighted by Crippen LogP contribution is -2.47. The number of hydrogen-bond donors (Lipinski definition) is 1. The number of fused-ring (bicyclic) bond motifs is 1. The van der Waals surface area contributed by atoms with Crippen LogP contribution < -0.4 is 10.2 Å². The van der Waals surface area contributed by atoms with Crippen LogP contribution in [0.3, 0.4) is 0 Å². The Balaban J connectivity index is 1.62. The van der Waals surface area contributed by atoms with E-state index in [4.69, 9.17) is 0 Å². The number of thiazole rings is 1. The lowest BCUT2D eigenvalue weighted by molar-refractivity contribution is -0.133. The van der Waals surface area contributed by atoms with Crippen LogP contribution in [0.5, 0.6) is 0 Å². The molecule has 21 heavy (non-hydrogen) atoms. The molecule has 1 aliphatic carbocycles. The molecule has 1 N–H and O–H groups in total. The fraction of sp³-hybridized carbons (Fsp3) is 0.667. The highest BCUT2D eigenvalue weighted by Gasteiger charge is 2.46. The summed E-state index contributed by atoms with van der Waals surface area (Å²) in [6, 6.07) is 0. The van der Waals surface area contributed by atoms with Crippen LogP contribution in [0.25, 0.3) is 0 Å². The van der Waals surface area contributed by atoms with Gasteiger partial charge in [0.05, 0.1) is 5.69 Å². The molecule has 1 saturated heterocycles. The molecular weight excluding hydrogens is 286 g/mol. The highest BCUT2D eigenvalue weighted by molar-refractivity contribution is 7.16. The molecule has 0 unspecified atom stereocenters. The molecular formula is C15H19N3O2S. The van der Waals surface area contributed by atoms with Crippen molar-refractivity contribution in [1.29, 1.82) is 0 Å². The van der Waals surface area contributed by atoms with Crippen LogP contribution in [0.15, 0.2) is 0 Å². The predicted molar refractivity (Wildman–Crippen MR) is 80.2 cm³/mol. The number of carbonyl (C=O) groups excluding carboxylic acids is 2. The van der Waals surface area contributed by atoms with Gasteiger partial charge < -0.3 is 5.32 Å². The third kappa shape index (κ3) is 2.21. The van der Waals surface area contributed by atoms with Gasteiger partial charge in [-0.25, -0.2) is 9.88 Å². The van der Waals surface area contributed by atoms with Crippen LogP contribution in [0.4, 0.5) is 5.13 Å². The molecule has 4 rings (SSSR count). The molecule has 112 valence electrons. The Kier molecular flexibility index (Phi) is 3.11. The average molecular weight is 305 g/mol. The van der Waals surface area contributed by atoms with E-state index in [0.29, 0.717) is 18.0 Å². The molecule has 1 aromatic heterocycles. The van der Waals surface area contributed by atoms with Crippen molar-refractivity contribution < 1.29 is 9.59 Å². The maximum atomic E-state index is 12.5. The van der Waals surface area contributed by atoms with E-state index in [1.165, 1.54) is 16.2 Å². The van der Waals surface area contributed by atoms with E-state index in [1.54, 1.807) is 0 Å². The van der Waals surface area contributed by atoms with Gasteiger partial charge in [-0.05, 0) is 18.3 Å². The maximum Gasteiger partial charge on any atom is 0.236 e. The zero-order chi connectivity index (χ0) is 14.4. The molecule has 0 bridgehead atoms. The Morgan fingerprint density at radius 3 is 2.52 bits per heavy atom. The summed E-state index contributed by atoms with van der Waals surface area (Å²) in [5.74, 6) is -0.0978. The molecule has 5 nitrogen and oxygen atoms in total. The van der Waals surface area contributed by atoms with Gasteiger partial charge in [0.2, 0.25) is 11.8 Å². The number of nitrogens with zero attached hydrogens (tertiary/aromatic N) is 2. The third-order valence-corrected chi connectivity index (χ3v) is 6.08. The minimum Gasteiger partial charge on any atom is -0.311 e. The van der Waals surface area contributed by atoms with Gasteiger partial charge in [0.25, 0.3) is 0 Å². The van der Waals surface area contributed by atoms with E-state index >= 15 is 0 Å². The van der Waals surface area contributed by atoms with Crippen LogP contribution >= 0.6 is 11.3 Å². The SMILES string of the molecule is O=C1CC2(CCCC2)CC(=O)N1c1nc2c(s1)CNCC2. The van der Waals surface area contributed by atoms with Gasteiger partial charge in [-0.2, -0.15) is 0 Å². The zero-order valence-electron chi connectivity index (χ0n) is 12.0. The average Bonchev–Trinajstić information content (AvgIpc) is 3.04. The van der Waals surface area contributed by atoms with Gasteiger partial charge >= 0.3 is 0 Å². The summed E-state index contributed by atoms with van der Waals surface area (Å²) in [6.07, 6.45) is 6.26. The van der Waals surface area contributed by atoms with Crippen molar-refractivity contribution in [3.05, 3.63) is 10.6 Å². The quantitative estimate of drug-likeness (QED) is 0.806. The standard InChI is InChI=1S/C15H19N3O2S/c19-12-7-15(4-1-2-5-15)8-13(20)18(12)14-17-10-3-6-16-9-11(10)21-14/h16H,1-9H2. The monoisotopic (exact) mass is 305 g/mol. The zero-order valence-corrected chi connectivity index (χ0v) is 12.8. The first kappa shape index (κ1) is 13.4. The maximum absolute atomic E-state index is 12.5. The molecule has 2 fully saturated rings. The van der Waals surface area contributed by atoms with Crippen molar-refractivity contribution in [2.75, 3.05) is 11.4 Å². The summed E-state index contributed by atoms with van der Waals surface area (Å²) in [7, 11) is 0. The largest absolute Gasteiger partial charge is 0.311 e. The molecule has 2 aliphatic heterocycles. The number of piperidine rings is 1. The Bertz CT molecular complexity index is 561. The van der Waals surface area contributed by atoms with E-state index in [0.717, 1.165) is 55.8 Å². The summed E-state index contributed by atoms with van der Waals surface area (Å²) in [5.41, 5.74) is 1.01. The van der Waals surface area contributed by atoms with Crippen molar-refractivity contribution >= 4 is 28.3 Å². The number of anilines is 1. The highest BCUT2D eigenvalue weighted by Crippen LogP contribution is 2.48. The first-order chi connectivity index (χ1) is 10.2. The number of hydrogen-bond acceptors (Lipinski definition) is 5. The second-order valence-corrected chi connectivity index (χ2v) is 7.54. The van der Waals surface area contributed by atoms with Crippen LogP contribution in [-0.4, -0.2) is 23.3 Å². The van der Waals surface area contributed by atoms with Crippen molar-refractivity contribution in [3.63, 3.8) is 0 Å². The Labute approximate surface area is 127 Å². The normalized spacial score (nSPS) is 24.7. The number of nitrogens with one attached hydrogen (secondary N) is 1. The van der Waals surface area contributed by atoms with Crippen molar-refractivity contribution in [1.82, 2.24) is 10.3 Å². The molecule has 6 heteroatoms. The molecule has 1 spiro atoms. The smallest absolute Gasteiger partial charge is 0.236 e. The van der Waals surface area contributed by atoms with Gasteiger partial charge in [0.15, 0.2) is 5.13 Å². The van der Waals surface area contributed by atoms with E-state index in [9.17, 15) is 9.59 Å². The van der Waals surface area contributed by atoms with Crippen LogP contribution in [0, 0.1) is 5.41 Å². The fourth-order valence-electron chi connectivity index (χ4n) is 3.90. The first-order valence-electron chi connectivity index (χ1n) is 7.72. The Morgan fingerprint density at radius 2 is 1.86 bits per heavy atom. The number of carbonyl (C=O) groups is 2. The number of imide groups is 1. The molecule has 1 aromatic rings. The molecule has 0 atom stereocenters. The second kappa shape index (κ2) is 4.88. The summed E-state index contributed by atoms with van der Waals surface area (Å²) >= 11 is 1.49. The molecule has 3 aliphatic rings.